The molecule has 0 atom stereocenters. The van der Waals surface area contributed by atoms with E-state index in [-0.39, 0.29) is 11.3 Å². The summed E-state index contributed by atoms with van der Waals surface area (Å²) in [6, 6.07) is 0.910. The number of alkyl halides is 5. The van der Waals surface area contributed by atoms with Crippen molar-refractivity contribution in [2.45, 2.75) is 17.9 Å². The molecule has 1 aromatic heterocycles. The predicted octanol–water partition coefficient (Wildman–Crippen LogP) is 3.89. The van der Waals surface area contributed by atoms with Gasteiger partial charge < -0.3 is 0 Å². The van der Waals surface area contributed by atoms with Crippen LogP contribution in [0.1, 0.15) is 21.7 Å². The Morgan fingerprint density at radius 3 is 2.36 bits per heavy atom. The lowest BCUT2D eigenvalue weighted by Crippen LogP contribution is -2.09. The Kier molecular flexibility index (Phi) is 3.27. The molecule has 1 rings (SSSR count). The molecular formula is C8H6Cl2F3N. The third kappa shape index (κ3) is 2.51. The van der Waals surface area contributed by atoms with Crippen molar-refractivity contribution in [2.75, 3.05) is 0 Å². The second kappa shape index (κ2) is 3.95. The Morgan fingerprint density at radius 2 is 1.93 bits per heavy atom. The van der Waals surface area contributed by atoms with Crippen molar-refractivity contribution in [3.05, 3.63) is 29.1 Å². The minimum atomic E-state index is -4.42. The van der Waals surface area contributed by atoms with Crippen LogP contribution in [0.5, 0.6) is 0 Å². The summed E-state index contributed by atoms with van der Waals surface area (Å²) in [6.45, 7) is 1.28. The zero-order chi connectivity index (χ0) is 10.9. The summed E-state index contributed by atoms with van der Waals surface area (Å²) in [5.74, 6) is 0. The van der Waals surface area contributed by atoms with E-state index in [0.29, 0.717) is 0 Å². The number of aromatic nitrogens is 1. The van der Waals surface area contributed by atoms with Gasteiger partial charge in [0.2, 0.25) is 0 Å². The molecule has 1 heterocycles. The number of rotatable bonds is 1. The van der Waals surface area contributed by atoms with Gasteiger partial charge >= 0.3 is 6.18 Å². The van der Waals surface area contributed by atoms with Gasteiger partial charge in [0.15, 0.2) is 0 Å². The maximum Gasteiger partial charge on any atom is 0.418 e. The van der Waals surface area contributed by atoms with E-state index in [1.165, 1.54) is 13.1 Å². The average molecular weight is 244 g/mol. The number of hydrogen-bond donors (Lipinski definition) is 0. The maximum atomic E-state index is 12.4. The summed E-state index contributed by atoms with van der Waals surface area (Å²) in [5.41, 5.74) is -0.747. The molecule has 0 aromatic carbocycles. The summed E-state index contributed by atoms with van der Waals surface area (Å²) >= 11 is 10.9. The molecule has 0 aliphatic carbocycles. The molecule has 6 heteroatoms. The van der Waals surface area contributed by atoms with E-state index in [4.69, 9.17) is 23.2 Å². The second-order valence-electron chi connectivity index (χ2n) is 2.70. The topological polar surface area (TPSA) is 12.9 Å². The molecule has 0 amide bonds. The normalized spacial score (nSPS) is 12.2. The summed E-state index contributed by atoms with van der Waals surface area (Å²) in [5, 5.41) is 0. The third-order valence-corrected chi connectivity index (χ3v) is 2.17. The van der Waals surface area contributed by atoms with Crippen LogP contribution in [-0.2, 0) is 6.18 Å². The molecule has 14 heavy (non-hydrogen) atoms. The molecule has 0 fully saturated rings. The van der Waals surface area contributed by atoms with Crippen LogP contribution in [0.15, 0.2) is 12.3 Å². The van der Waals surface area contributed by atoms with Gasteiger partial charge in [-0.1, -0.05) is 0 Å². The highest BCUT2D eigenvalue weighted by Crippen LogP contribution is 2.34. The quantitative estimate of drug-likeness (QED) is 0.683. The molecule has 0 spiro atoms. The molecule has 0 aliphatic rings. The molecule has 78 valence electrons. The molecule has 0 aliphatic heterocycles. The zero-order valence-corrected chi connectivity index (χ0v) is 8.58. The van der Waals surface area contributed by atoms with E-state index < -0.39 is 16.6 Å². The molecule has 1 nitrogen and oxygen atoms in total. The number of halogens is 5. The monoisotopic (exact) mass is 243 g/mol. The highest BCUT2D eigenvalue weighted by molar-refractivity contribution is 6.44. The molecule has 0 unspecified atom stereocenters. The van der Waals surface area contributed by atoms with Gasteiger partial charge in [-0.05, 0) is 13.0 Å². The van der Waals surface area contributed by atoms with Gasteiger partial charge in [-0.15, -0.1) is 23.2 Å². The van der Waals surface area contributed by atoms with Gasteiger partial charge in [0.25, 0.3) is 0 Å². The smallest absolute Gasteiger partial charge is 0.261 e. The lowest BCUT2D eigenvalue weighted by molar-refractivity contribution is -0.138. The van der Waals surface area contributed by atoms with Crippen LogP contribution < -0.4 is 0 Å². The predicted molar refractivity (Wildman–Crippen MR) is 48.4 cm³/mol. The minimum Gasteiger partial charge on any atom is -0.261 e. The molecular weight excluding hydrogens is 238 g/mol. The van der Waals surface area contributed by atoms with Gasteiger partial charge in [-0.25, -0.2) is 0 Å². The third-order valence-electron chi connectivity index (χ3n) is 1.67. The van der Waals surface area contributed by atoms with Crippen molar-refractivity contribution < 1.29 is 13.2 Å². The first-order valence-corrected chi connectivity index (χ1v) is 4.51. The van der Waals surface area contributed by atoms with Gasteiger partial charge in [-0.3, -0.25) is 4.98 Å². The van der Waals surface area contributed by atoms with E-state index in [1.54, 1.807) is 0 Å². The molecule has 0 saturated heterocycles. The lowest BCUT2D eigenvalue weighted by atomic mass is 10.1. The standard InChI is InChI=1S/C8H6Cl2F3N/c1-4-6(8(11,12)13)2-5(3-14-4)7(9)10/h2-3,7H,1H3. The number of aryl methyl sites for hydroxylation is 1. The maximum absolute atomic E-state index is 12.4. The van der Waals surface area contributed by atoms with Crippen LogP contribution >= 0.6 is 23.2 Å². The van der Waals surface area contributed by atoms with Crippen LogP contribution in [0.4, 0.5) is 13.2 Å². The molecule has 0 radical (unpaired) electrons. The highest BCUT2D eigenvalue weighted by Gasteiger charge is 2.33. The Labute approximate surface area is 88.8 Å². The van der Waals surface area contributed by atoms with Crippen molar-refractivity contribution in [1.82, 2.24) is 4.98 Å². The van der Waals surface area contributed by atoms with Crippen molar-refractivity contribution >= 4 is 23.2 Å². The Balaban J connectivity index is 3.22. The van der Waals surface area contributed by atoms with Gasteiger partial charge in [0.05, 0.1) is 5.56 Å². The lowest BCUT2D eigenvalue weighted by Gasteiger charge is -2.11. The van der Waals surface area contributed by atoms with E-state index >= 15 is 0 Å². The molecule has 0 N–H and O–H groups in total. The van der Waals surface area contributed by atoms with E-state index in [1.807, 2.05) is 0 Å². The van der Waals surface area contributed by atoms with E-state index in [2.05, 4.69) is 4.98 Å². The van der Waals surface area contributed by atoms with Gasteiger partial charge in [0.1, 0.15) is 4.84 Å². The average Bonchev–Trinajstić information content (AvgIpc) is 2.02. The largest absolute Gasteiger partial charge is 0.418 e. The number of hydrogen-bond acceptors (Lipinski definition) is 1. The Bertz CT molecular complexity index is 336. The van der Waals surface area contributed by atoms with Gasteiger partial charge in [-0.2, -0.15) is 13.2 Å². The van der Waals surface area contributed by atoms with Crippen LogP contribution in [0, 0.1) is 6.92 Å². The van der Waals surface area contributed by atoms with Crippen molar-refractivity contribution in [1.29, 1.82) is 0 Å². The van der Waals surface area contributed by atoms with Crippen LogP contribution in [0.3, 0.4) is 0 Å². The molecule has 0 saturated carbocycles. The summed E-state index contributed by atoms with van der Waals surface area (Å²) in [7, 11) is 0. The summed E-state index contributed by atoms with van der Waals surface area (Å²) < 4.78 is 37.1. The first-order valence-electron chi connectivity index (χ1n) is 3.64. The fraction of sp³-hybridized carbons (Fsp3) is 0.375. The summed E-state index contributed by atoms with van der Waals surface area (Å²) in [6.07, 6.45) is -3.19. The first-order chi connectivity index (χ1) is 6.32. The van der Waals surface area contributed by atoms with Crippen molar-refractivity contribution in [3.8, 4) is 0 Å². The zero-order valence-electron chi connectivity index (χ0n) is 7.07. The number of nitrogens with zero attached hydrogens (tertiary/aromatic N) is 1. The van der Waals surface area contributed by atoms with E-state index in [9.17, 15) is 13.2 Å². The van der Waals surface area contributed by atoms with Crippen molar-refractivity contribution in [2.24, 2.45) is 0 Å². The SMILES string of the molecule is Cc1ncc(C(Cl)Cl)cc1C(F)(F)F. The Morgan fingerprint density at radius 1 is 1.36 bits per heavy atom. The first kappa shape index (κ1) is 11.6. The highest BCUT2D eigenvalue weighted by atomic mass is 35.5. The fourth-order valence-electron chi connectivity index (χ4n) is 0.956. The van der Waals surface area contributed by atoms with Crippen LogP contribution in [0.25, 0.3) is 0 Å². The van der Waals surface area contributed by atoms with Gasteiger partial charge in [0, 0.05) is 17.5 Å². The number of pyridine rings is 1. The van der Waals surface area contributed by atoms with Crippen LogP contribution in [0.2, 0.25) is 0 Å². The van der Waals surface area contributed by atoms with Crippen LogP contribution in [-0.4, -0.2) is 4.98 Å². The second-order valence-corrected chi connectivity index (χ2v) is 3.80. The van der Waals surface area contributed by atoms with E-state index in [0.717, 1.165) is 6.07 Å². The molecule has 0 bridgehead atoms. The minimum absolute atomic E-state index is 0.0877. The fourth-order valence-corrected chi connectivity index (χ4v) is 1.19. The summed E-state index contributed by atoms with van der Waals surface area (Å²) in [4.78, 5) is 2.58. The Hall–Kier alpha value is -0.480. The van der Waals surface area contributed by atoms with Crippen molar-refractivity contribution in [3.63, 3.8) is 0 Å². The molecule has 1 aromatic rings.